The minimum absolute atomic E-state index is 0.131. The standard InChI is InChI=1S/C14H16BrF3S/c1-4-10-6-5-7-12-11(10)8-13(9(2)3)19(12,15)14(16,17)18/h5-9H,4H2,1-3H3. The van der Waals surface area contributed by atoms with Crippen LogP contribution in [0.3, 0.4) is 0 Å². The van der Waals surface area contributed by atoms with E-state index in [2.05, 4.69) is 14.8 Å². The highest BCUT2D eigenvalue weighted by atomic mass is 79.9. The van der Waals surface area contributed by atoms with Gasteiger partial charge in [-0.15, -0.1) is 0 Å². The van der Waals surface area contributed by atoms with E-state index >= 15 is 0 Å². The first-order valence-corrected chi connectivity index (χ1v) is 9.63. The first-order chi connectivity index (χ1) is 8.73. The van der Waals surface area contributed by atoms with E-state index in [0.717, 1.165) is 17.5 Å². The maximum absolute atomic E-state index is 13.6. The average molecular weight is 353 g/mol. The number of fused-ring (bicyclic) bond motifs is 1. The third kappa shape index (κ3) is 2.15. The molecular formula is C14H16BrF3S. The average Bonchev–Trinajstić information content (AvgIpc) is 2.64. The maximum atomic E-state index is 13.6. The zero-order valence-electron chi connectivity index (χ0n) is 11.0. The summed E-state index contributed by atoms with van der Waals surface area (Å²) in [5.41, 5.74) is -2.52. The fourth-order valence-electron chi connectivity index (χ4n) is 2.41. The molecule has 0 saturated heterocycles. The van der Waals surface area contributed by atoms with E-state index in [1.54, 1.807) is 18.2 Å². The monoisotopic (exact) mass is 352 g/mol. The van der Waals surface area contributed by atoms with Crippen molar-refractivity contribution in [2.24, 2.45) is 5.92 Å². The van der Waals surface area contributed by atoms with Crippen LogP contribution < -0.4 is 0 Å². The van der Waals surface area contributed by atoms with Crippen molar-refractivity contribution in [1.82, 2.24) is 0 Å². The number of rotatable bonds is 2. The molecule has 0 spiro atoms. The van der Waals surface area contributed by atoms with Gasteiger partial charge in [0.1, 0.15) is 0 Å². The third-order valence-electron chi connectivity index (χ3n) is 3.34. The second-order valence-corrected chi connectivity index (χ2v) is 10.2. The van der Waals surface area contributed by atoms with E-state index in [-0.39, 0.29) is 5.92 Å². The van der Waals surface area contributed by atoms with Crippen molar-refractivity contribution in [1.29, 1.82) is 0 Å². The number of halogens is 4. The topological polar surface area (TPSA) is 0 Å². The van der Waals surface area contributed by atoms with Gasteiger partial charge < -0.3 is 0 Å². The lowest BCUT2D eigenvalue weighted by Gasteiger charge is -2.36. The highest BCUT2D eigenvalue weighted by Crippen LogP contribution is 2.82. The van der Waals surface area contributed by atoms with E-state index in [1.165, 1.54) is 0 Å². The summed E-state index contributed by atoms with van der Waals surface area (Å²) in [7, 11) is -3.08. The van der Waals surface area contributed by atoms with Gasteiger partial charge in [-0.25, -0.2) is 0 Å². The number of hydrogen-bond donors (Lipinski definition) is 0. The summed E-state index contributed by atoms with van der Waals surface area (Å²) in [5, 5.41) is 0. The van der Waals surface area contributed by atoms with Crippen LogP contribution in [0.1, 0.15) is 31.9 Å². The highest BCUT2D eigenvalue weighted by Gasteiger charge is 2.55. The van der Waals surface area contributed by atoms with Gasteiger partial charge in [0.05, 0.1) is 0 Å². The smallest absolute Gasteiger partial charge is 0.160 e. The summed E-state index contributed by atoms with van der Waals surface area (Å²) < 4.78 is 40.9. The number of aryl methyl sites for hydroxylation is 1. The van der Waals surface area contributed by atoms with Crippen LogP contribution >= 0.6 is 23.3 Å². The van der Waals surface area contributed by atoms with Gasteiger partial charge in [-0.3, -0.25) is 0 Å². The SMILES string of the molecule is CCc1cccc2c1C=C(C(C)C)S2(Br)C(F)(F)F. The van der Waals surface area contributed by atoms with Crippen LogP contribution in [0, 0.1) is 5.92 Å². The van der Waals surface area contributed by atoms with E-state index in [9.17, 15) is 13.2 Å². The molecule has 1 aliphatic rings. The Morgan fingerprint density at radius 3 is 2.37 bits per heavy atom. The Balaban J connectivity index is 2.74. The molecular weight excluding hydrogens is 337 g/mol. The van der Waals surface area contributed by atoms with Crippen LogP contribution in [0.15, 0.2) is 28.0 Å². The zero-order valence-corrected chi connectivity index (χ0v) is 13.4. The summed E-state index contributed by atoms with van der Waals surface area (Å²) in [6.07, 6.45) is 2.49. The van der Waals surface area contributed by atoms with Crippen LogP contribution in [0.5, 0.6) is 0 Å². The molecule has 0 nitrogen and oxygen atoms in total. The van der Waals surface area contributed by atoms with Crippen molar-refractivity contribution in [2.45, 2.75) is 37.6 Å². The molecule has 0 aromatic heterocycles. The molecule has 0 amide bonds. The lowest BCUT2D eigenvalue weighted by Crippen LogP contribution is -2.17. The van der Waals surface area contributed by atoms with Gasteiger partial charge in [-0.2, -0.15) is 13.2 Å². The molecule has 1 aromatic carbocycles. The van der Waals surface area contributed by atoms with Crippen molar-refractivity contribution in [3.05, 3.63) is 34.2 Å². The highest BCUT2D eigenvalue weighted by molar-refractivity contribution is 9.59. The molecule has 2 rings (SSSR count). The number of hydrogen-bond acceptors (Lipinski definition) is 0. The van der Waals surface area contributed by atoms with Crippen molar-refractivity contribution in [3.8, 4) is 0 Å². The molecule has 1 heterocycles. The molecule has 106 valence electrons. The molecule has 0 bridgehead atoms. The van der Waals surface area contributed by atoms with Crippen molar-refractivity contribution in [2.75, 3.05) is 0 Å². The van der Waals surface area contributed by atoms with Crippen LogP contribution in [-0.4, -0.2) is 5.51 Å². The Labute approximate surface area is 120 Å². The molecule has 0 aliphatic carbocycles. The van der Waals surface area contributed by atoms with Crippen LogP contribution in [0.25, 0.3) is 6.08 Å². The lowest BCUT2D eigenvalue weighted by molar-refractivity contribution is -0.0356. The Morgan fingerprint density at radius 2 is 1.89 bits per heavy atom. The largest absolute Gasteiger partial charge is 0.442 e. The van der Waals surface area contributed by atoms with Crippen LogP contribution in [0.4, 0.5) is 13.2 Å². The summed E-state index contributed by atoms with van der Waals surface area (Å²) in [6, 6.07) is 5.24. The quantitative estimate of drug-likeness (QED) is 0.589. The zero-order chi connectivity index (χ0) is 14.4. The van der Waals surface area contributed by atoms with Gasteiger partial charge in [0, 0.05) is 4.90 Å². The molecule has 0 radical (unpaired) electrons. The number of benzene rings is 1. The second kappa shape index (κ2) is 4.85. The van der Waals surface area contributed by atoms with E-state index in [4.69, 9.17) is 0 Å². The normalized spacial score (nSPS) is 26.0. The molecule has 1 atom stereocenters. The third-order valence-corrected chi connectivity index (χ3v) is 9.45. The minimum Gasteiger partial charge on any atom is -0.160 e. The molecule has 1 unspecified atom stereocenters. The minimum atomic E-state index is -4.26. The Hall–Kier alpha value is -0.420. The maximum Gasteiger partial charge on any atom is 0.442 e. The molecule has 0 saturated carbocycles. The fourth-order valence-corrected chi connectivity index (χ4v) is 7.12. The van der Waals surface area contributed by atoms with Crippen molar-refractivity contribution < 1.29 is 13.2 Å². The molecule has 1 aromatic rings. The van der Waals surface area contributed by atoms with Gasteiger partial charge >= 0.3 is 5.51 Å². The lowest BCUT2D eigenvalue weighted by atomic mass is 10.0. The first kappa shape index (κ1) is 15.0. The second-order valence-electron chi connectivity index (χ2n) is 4.87. The summed E-state index contributed by atoms with van der Waals surface area (Å²) >= 11 is 3.09. The predicted molar refractivity (Wildman–Crippen MR) is 79.5 cm³/mol. The van der Waals surface area contributed by atoms with Gasteiger partial charge in [0.25, 0.3) is 0 Å². The first-order valence-electron chi connectivity index (χ1n) is 6.16. The molecule has 5 heteroatoms. The van der Waals surface area contributed by atoms with Gasteiger partial charge in [-0.05, 0) is 63.8 Å². The Morgan fingerprint density at radius 1 is 1.26 bits per heavy atom. The molecule has 19 heavy (non-hydrogen) atoms. The fraction of sp³-hybridized carbons (Fsp3) is 0.429. The van der Waals surface area contributed by atoms with Crippen molar-refractivity contribution >= 4 is 29.4 Å². The van der Waals surface area contributed by atoms with Crippen LogP contribution in [-0.2, 0) is 6.42 Å². The molecule has 0 N–H and O–H groups in total. The van der Waals surface area contributed by atoms with E-state index in [1.807, 2.05) is 26.8 Å². The van der Waals surface area contributed by atoms with Crippen molar-refractivity contribution in [3.63, 3.8) is 0 Å². The van der Waals surface area contributed by atoms with Gasteiger partial charge in [0.15, 0.2) is 0 Å². The Bertz CT molecular complexity index is 534. The summed E-state index contributed by atoms with van der Waals surface area (Å²) in [4.78, 5) is 0.874. The summed E-state index contributed by atoms with van der Waals surface area (Å²) in [5.74, 6) is -0.131. The van der Waals surface area contributed by atoms with E-state index in [0.29, 0.717) is 9.80 Å². The van der Waals surface area contributed by atoms with Gasteiger partial charge in [0.2, 0.25) is 0 Å². The predicted octanol–water partition coefficient (Wildman–Crippen LogP) is 6.25. The number of alkyl halides is 3. The van der Waals surface area contributed by atoms with Gasteiger partial charge in [-0.1, -0.05) is 32.9 Å². The molecule has 1 aliphatic heterocycles. The van der Waals surface area contributed by atoms with E-state index < -0.39 is 14.0 Å². The Kier molecular flexibility index (Phi) is 3.82. The number of allylic oxidation sites excluding steroid dienone is 1. The van der Waals surface area contributed by atoms with Crippen LogP contribution in [0.2, 0.25) is 0 Å². The molecule has 0 fully saturated rings. The summed E-state index contributed by atoms with van der Waals surface area (Å²) in [6.45, 7) is 5.60.